The van der Waals surface area contributed by atoms with Crippen molar-refractivity contribution in [3.63, 3.8) is 0 Å². The molecular weight excluding hydrogens is 405 g/mol. The number of nitrogens with zero attached hydrogens (tertiary/aromatic N) is 1. The summed E-state index contributed by atoms with van der Waals surface area (Å²) in [6, 6.07) is 5.26. The predicted molar refractivity (Wildman–Crippen MR) is 110 cm³/mol. The van der Waals surface area contributed by atoms with Crippen LogP contribution >= 0.6 is 0 Å². The van der Waals surface area contributed by atoms with E-state index in [0.717, 1.165) is 19.0 Å². The molecule has 0 saturated heterocycles. The van der Waals surface area contributed by atoms with E-state index in [1.54, 1.807) is 0 Å². The summed E-state index contributed by atoms with van der Waals surface area (Å²) in [7, 11) is -8.53. The second-order valence-corrected chi connectivity index (χ2v) is 9.21. The molecule has 0 saturated carbocycles. The number of hydrogen-bond acceptors (Lipinski definition) is 3. The van der Waals surface area contributed by atoms with Gasteiger partial charge in [-0.2, -0.15) is 0 Å². The van der Waals surface area contributed by atoms with E-state index in [4.69, 9.17) is 13.3 Å². The van der Waals surface area contributed by atoms with Crippen LogP contribution in [0.1, 0.15) is 58.9 Å². The molecule has 0 aliphatic carbocycles. The van der Waals surface area contributed by atoms with Gasteiger partial charge in [-0.3, -0.25) is 0 Å². The Morgan fingerprint density at radius 2 is 1.31 bits per heavy atom. The molecule has 1 aromatic rings. The van der Waals surface area contributed by atoms with Gasteiger partial charge in [0.1, 0.15) is 6.54 Å². The van der Waals surface area contributed by atoms with Crippen molar-refractivity contribution in [3.05, 3.63) is 30.1 Å². The highest BCUT2D eigenvalue weighted by molar-refractivity contribution is 6.60. The second kappa shape index (κ2) is 15.8. The number of hydrogen-bond donors (Lipinski definition) is 0. The highest BCUT2D eigenvalue weighted by atomic mass is 28.4. The summed E-state index contributed by atoms with van der Waals surface area (Å²) >= 11 is 0. The van der Waals surface area contributed by atoms with Crippen molar-refractivity contribution in [1.82, 2.24) is 0 Å². The van der Waals surface area contributed by atoms with Crippen LogP contribution in [0.4, 0.5) is 17.3 Å². The molecule has 29 heavy (non-hydrogen) atoms. The fraction of sp³-hybridized carbons (Fsp3) is 0.737. The third kappa shape index (κ3) is 15.5. The first-order valence-electron chi connectivity index (χ1n) is 10.5. The van der Waals surface area contributed by atoms with Crippen LogP contribution in [0.15, 0.2) is 24.5 Å². The second-order valence-electron chi connectivity index (χ2n) is 6.48. The molecule has 0 unspecified atom stereocenters. The molecule has 1 heterocycles. The molecule has 0 N–H and O–H groups in total. The van der Waals surface area contributed by atoms with E-state index in [0.29, 0.717) is 19.8 Å². The summed E-state index contributed by atoms with van der Waals surface area (Å²) in [5, 5.41) is 0. The normalized spacial score (nSPS) is 11.9. The summed E-state index contributed by atoms with van der Waals surface area (Å²) in [5.41, 5.74) is 1.32. The van der Waals surface area contributed by atoms with E-state index >= 15 is 0 Å². The Morgan fingerprint density at radius 3 is 1.72 bits per heavy atom. The van der Waals surface area contributed by atoms with Crippen molar-refractivity contribution < 1.29 is 35.1 Å². The Bertz CT molecular complexity index is 498. The van der Waals surface area contributed by atoms with Gasteiger partial charge in [0, 0.05) is 44.4 Å². The molecule has 170 valence electrons. The van der Waals surface area contributed by atoms with Crippen molar-refractivity contribution in [2.24, 2.45) is 0 Å². The Balaban J connectivity index is 0.00000139. The number of rotatable bonds is 14. The SMILES string of the molecule is CCCCCC[n+]1ccc(CC[Si](OCC)(OCC)OCC)cc1.F[B-](F)(F)F. The summed E-state index contributed by atoms with van der Waals surface area (Å²) in [5.74, 6) is 0. The van der Waals surface area contributed by atoms with Crippen LogP contribution in [0.2, 0.25) is 6.04 Å². The molecule has 0 atom stereocenters. The number of aromatic nitrogens is 1. The largest absolute Gasteiger partial charge is 0.673 e. The molecule has 10 heteroatoms. The maximum atomic E-state index is 9.75. The van der Waals surface area contributed by atoms with Gasteiger partial charge in [0.2, 0.25) is 0 Å². The average molecular weight is 441 g/mol. The molecule has 0 aromatic carbocycles. The number of halogens is 4. The Labute approximate surface area is 174 Å². The van der Waals surface area contributed by atoms with Crippen LogP contribution in [0.25, 0.3) is 0 Å². The summed E-state index contributed by atoms with van der Waals surface area (Å²) in [4.78, 5) is 0. The standard InChI is InChI=1S/C19H36NO3Si.BF4/c1-5-9-10-11-15-20-16-12-19(13-17-20)14-18-24(21-6-2,22-7-3)23-8-4;2-1(3,4)5/h12-13,16-17H,5-11,14-15,18H2,1-4H3;/q+1;-1. The summed E-state index contributed by atoms with van der Waals surface area (Å²) in [6.45, 7) is 11.3. The zero-order chi connectivity index (χ0) is 22.2. The van der Waals surface area contributed by atoms with Gasteiger partial charge in [-0.05, 0) is 39.2 Å². The Kier molecular flexibility index (Phi) is 15.3. The van der Waals surface area contributed by atoms with Crippen molar-refractivity contribution in [1.29, 1.82) is 0 Å². The molecule has 0 aliphatic rings. The zero-order valence-electron chi connectivity index (χ0n) is 18.1. The third-order valence-electron chi connectivity index (χ3n) is 4.04. The van der Waals surface area contributed by atoms with Crippen molar-refractivity contribution in [2.75, 3.05) is 19.8 Å². The molecule has 1 aromatic heterocycles. The summed E-state index contributed by atoms with van der Waals surface area (Å²) < 4.78 is 59.0. The van der Waals surface area contributed by atoms with Crippen molar-refractivity contribution in [3.8, 4) is 0 Å². The molecule has 4 nitrogen and oxygen atoms in total. The van der Waals surface area contributed by atoms with E-state index in [1.807, 2.05) is 20.8 Å². The van der Waals surface area contributed by atoms with Crippen LogP contribution in [0.5, 0.6) is 0 Å². The lowest BCUT2D eigenvalue weighted by Crippen LogP contribution is -2.46. The highest BCUT2D eigenvalue weighted by Gasteiger charge is 2.39. The van der Waals surface area contributed by atoms with Gasteiger partial charge in [0.25, 0.3) is 0 Å². The molecule has 0 fully saturated rings. The van der Waals surface area contributed by atoms with Crippen molar-refractivity contribution >= 4 is 16.1 Å². The quantitative estimate of drug-likeness (QED) is 0.167. The molecule has 0 spiro atoms. The molecule has 0 amide bonds. The lowest BCUT2D eigenvalue weighted by atomic mass is 10.2. The average Bonchev–Trinajstić information content (AvgIpc) is 2.64. The van der Waals surface area contributed by atoms with Crippen LogP contribution in [0, 0.1) is 0 Å². The van der Waals surface area contributed by atoms with E-state index in [1.165, 1.54) is 31.2 Å². The fourth-order valence-corrected chi connectivity index (χ4v) is 5.42. The Hall–Kier alpha value is -0.968. The molecule has 1 rings (SSSR count). The van der Waals surface area contributed by atoms with Gasteiger partial charge in [-0.1, -0.05) is 19.8 Å². The number of aryl methyl sites for hydroxylation is 2. The van der Waals surface area contributed by atoms with E-state index < -0.39 is 16.1 Å². The Morgan fingerprint density at radius 1 is 0.828 bits per heavy atom. The van der Waals surface area contributed by atoms with Gasteiger partial charge in [0.05, 0.1) is 0 Å². The van der Waals surface area contributed by atoms with Gasteiger partial charge < -0.3 is 30.5 Å². The van der Waals surface area contributed by atoms with Crippen LogP contribution in [-0.4, -0.2) is 35.9 Å². The minimum Gasteiger partial charge on any atom is -0.418 e. The van der Waals surface area contributed by atoms with E-state index in [-0.39, 0.29) is 0 Å². The maximum absolute atomic E-state index is 9.75. The van der Waals surface area contributed by atoms with Gasteiger partial charge in [-0.25, -0.2) is 4.57 Å². The third-order valence-corrected chi connectivity index (χ3v) is 7.09. The van der Waals surface area contributed by atoms with E-state index in [2.05, 4.69) is 36.0 Å². The predicted octanol–water partition coefficient (Wildman–Crippen LogP) is 5.45. The first-order valence-corrected chi connectivity index (χ1v) is 12.4. The lowest BCUT2D eigenvalue weighted by Gasteiger charge is -2.28. The minimum atomic E-state index is -6.00. The smallest absolute Gasteiger partial charge is 0.418 e. The van der Waals surface area contributed by atoms with Gasteiger partial charge in [0.15, 0.2) is 12.4 Å². The highest BCUT2D eigenvalue weighted by Crippen LogP contribution is 2.19. The summed E-state index contributed by atoms with van der Waals surface area (Å²) in [6.07, 6.45) is 10.5. The first kappa shape index (κ1) is 28.0. The van der Waals surface area contributed by atoms with Crippen LogP contribution in [-0.2, 0) is 26.2 Å². The van der Waals surface area contributed by atoms with Crippen LogP contribution < -0.4 is 4.57 Å². The molecule has 0 aliphatic heterocycles. The number of unbranched alkanes of at least 4 members (excludes halogenated alkanes) is 3. The van der Waals surface area contributed by atoms with Crippen molar-refractivity contribution in [2.45, 2.75) is 72.4 Å². The molecule has 0 radical (unpaired) electrons. The van der Waals surface area contributed by atoms with Crippen LogP contribution in [0.3, 0.4) is 0 Å². The zero-order valence-corrected chi connectivity index (χ0v) is 19.1. The lowest BCUT2D eigenvalue weighted by molar-refractivity contribution is -0.697. The first-order chi connectivity index (χ1) is 13.7. The molecular formula is C19H36BF4NO3Si. The number of pyridine rings is 1. The minimum absolute atomic E-state index is 0.638. The fourth-order valence-electron chi connectivity index (χ4n) is 2.82. The van der Waals surface area contributed by atoms with Gasteiger partial charge in [-0.15, -0.1) is 0 Å². The monoisotopic (exact) mass is 441 g/mol. The maximum Gasteiger partial charge on any atom is 0.673 e. The van der Waals surface area contributed by atoms with E-state index in [9.17, 15) is 17.3 Å². The topological polar surface area (TPSA) is 31.6 Å². The molecule has 0 bridgehead atoms. The van der Waals surface area contributed by atoms with Gasteiger partial charge >= 0.3 is 16.1 Å².